The second kappa shape index (κ2) is 7.48. The normalized spacial score (nSPS) is 12.0. The van der Waals surface area contributed by atoms with E-state index >= 15 is 0 Å². The van der Waals surface area contributed by atoms with E-state index in [1.807, 2.05) is 37.3 Å². The predicted molar refractivity (Wildman–Crippen MR) is 88.8 cm³/mol. The van der Waals surface area contributed by atoms with E-state index in [0.717, 1.165) is 28.0 Å². The summed E-state index contributed by atoms with van der Waals surface area (Å²) < 4.78 is 11.9. The van der Waals surface area contributed by atoms with E-state index in [1.54, 1.807) is 7.11 Å². The molecule has 0 bridgehead atoms. The molecule has 3 nitrogen and oxygen atoms in total. The van der Waals surface area contributed by atoms with Crippen LogP contribution in [0.2, 0.25) is 0 Å². The molecule has 0 amide bonds. The summed E-state index contributed by atoms with van der Waals surface area (Å²) in [6, 6.07) is 14.2. The van der Waals surface area contributed by atoms with Crippen molar-refractivity contribution in [1.29, 1.82) is 0 Å². The highest BCUT2D eigenvalue weighted by atomic mass is 79.9. The van der Waals surface area contributed by atoms with Crippen LogP contribution in [0.3, 0.4) is 0 Å². The molecule has 0 aliphatic heterocycles. The van der Waals surface area contributed by atoms with Crippen molar-refractivity contribution >= 4 is 15.9 Å². The summed E-state index contributed by atoms with van der Waals surface area (Å²) in [4.78, 5) is 0. The fourth-order valence-corrected chi connectivity index (χ4v) is 2.65. The van der Waals surface area contributed by atoms with Crippen molar-refractivity contribution in [3.8, 4) is 11.5 Å². The number of rotatable bonds is 6. The van der Waals surface area contributed by atoms with E-state index in [9.17, 15) is 0 Å². The molecule has 0 aliphatic rings. The monoisotopic (exact) mass is 349 g/mol. The minimum Gasteiger partial charge on any atom is -0.496 e. The molecule has 0 radical (unpaired) electrons. The summed E-state index contributed by atoms with van der Waals surface area (Å²) >= 11 is 3.47. The predicted octanol–water partition coefficient (Wildman–Crippen LogP) is 3.93. The summed E-state index contributed by atoms with van der Waals surface area (Å²) in [5, 5.41) is 0. The van der Waals surface area contributed by atoms with Gasteiger partial charge in [-0.15, -0.1) is 0 Å². The SMILES string of the molecule is COc1ccc(COc2ccc(CC(C)N)cc2)cc1Br. The maximum Gasteiger partial charge on any atom is 0.133 e. The molecule has 4 heteroatoms. The Bertz CT molecular complexity index is 582. The molecular formula is C17H20BrNO2. The number of halogens is 1. The third-order valence-corrected chi connectivity index (χ3v) is 3.72. The molecule has 2 aromatic rings. The highest BCUT2D eigenvalue weighted by Crippen LogP contribution is 2.26. The van der Waals surface area contributed by atoms with E-state index in [4.69, 9.17) is 15.2 Å². The molecule has 2 N–H and O–H groups in total. The van der Waals surface area contributed by atoms with Crippen molar-refractivity contribution in [2.75, 3.05) is 7.11 Å². The number of hydrogen-bond donors (Lipinski definition) is 1. The number of hydrogen-bond acceptors (Lipinski definition) is 3. The van der Waals surface area contributed by atoms with Crippen LogP contribution in [0.1, 0.15) is 18.1 Å². The van der Waals surface area contributed by atoms with Gasteiger partial charge >= 0.3 is 0 Å². The second-order valence-electron chi connectivity index (χ2n) is 5.08. The molecule has 1 unspecified atom stereocenters. The fraction of sp³-hybridized carbons (Fsp3) is 0.294. The first kappa shape index (κ1) is 15.9. The minimum absolute atomic E-state index is 0.174. The minimum atomic E-state index is 0.174. The molecule has 0 aliphatic carbocycles. The molecule has 21 heavy (non-hydrogen) atoms. The molecule has 112 valence electrons. The van der Waals surface area contributed by atoms with Gasteiger partial charge in [-0.1, -0.05) is 18.2 Å². The van der Waals surface area contributed by atoms with Crippen LogP contribution in [0.4, 0.5) is 0 Å². The zero-order valence-electron chi connectivity index (χ0n) is 12.3. The maximum atomic E-state index is 5.79. The van der Waals surface area contributed by atoms with Gasteiger partial charge in [0.25, 0.3) is 0 Å². The first-order chi connectivity index (χ1) is 10.1. The largest absolute Gasteiger partial charge is 0.496 e. The Labute approximate surface area is 134 Å². The standard InChI is InChI=1S/C17H20BrNO2/c1-12(19)9-13-3-6-15(7-4-13)21-11-14-5-8-17(20-2)16(18)10-14/h3-8,10,12H,9,11,19H2,1-2H3. The van der Waals surface area contributed by atoms with Gasteiger partial charge in [0.15, 0.2) is 0 Å². The van der Waals surface area contributed by atoms with E-state index in [-0.39, 0.29) is 6.04 Å². The van der Waals surface area contributed by atoms with Crippen LogP contribution in [0.5, 0.6) is 11.5 Å². The Morgan fingerprint density at radius 1 is 1.10 bits per heavy atom. The topological polar surface area (TPSA) is 44.5 Å². The first-order valence-electron chi connectivity index (χ1n) is 6.88. The lowest BCUT2D eigenvalue weighted by atomic mass is 10.1. The molecule has 2 rings (SSSR count). The summed E-state index contributed by atoms with van der Waals surface area (Å²) in [7, 11) is 1.65. The molecular weight excluding hydrogens is 330 g/mol. The molecule has 0 saturated carbocycles. The van der Waals surface area contributed by atoms with Crippen LogP contribution in [0.15, 0.2) is 46.9 Å². The second-order valence-corrected chi connectivity index (χ2v) is 5.94. The quantitative estimate of drug-likeness (QED) is 0.859. The average Bonchev–Trinajstić information content (AvgIpc) is 2.46. The van der Waals surface area contributed by atoms with Gasteiger partial charge in [0.2, 0.25) is 0 Å². The Kier molecular flexibility index (Phi) is 5.65. The Hall–Kier alpha value is -1.52. The lowest BCUT2D eigenvalue weighted by Gasteiger charge is -2.10. The molecule has 0 saturated heterocycles. The Morgan fingerprint density at radius 2 is 1.76 bits per heavy atom. The van der Waals surface area contributed by atoms with Gasteiger partial charge in [-0.25, -0.2) is 0 Å². The van der Waals surface area contributed by atoms with Crippen molar-refractivity contribution in [3.63, 3.8) is 0 Å². The maximum absolute atomic E-state index is 5.79. The van der Waals surface area contributed by atoms with Crippen molar-refractivity contribution in [2.24, 2.45) is 5.73 Å². The van der Waals surface area contributed by atoms with Crippen molar-refractivity contribution in [3.05, 3.63) is 58.1 Å². The van der Waals surface area contributed by atoms with Crippen molar-refractivity contribution in [2.45, 2.75) is 26.0 Å². The van der Waals surface area contributed by atoms with Gasteiger partial charge in [0, 0.05) is 6.04 Å². The average molecular weight is 350 g/mol. The lowest BCUT2D eigenvalue weighted by Crippen LogP contribution is -2.17. The lowest BCUT2D eigenvalue weighted by molar-refractivity contribution is 0.305. The number of nitrogens with two attached hydrogens (primary N) is 1. The van der Waals surface area contributed by atoms with Crippen LogP contribution in [0, 0.1) is 0 Å². The van der Waals surface area contributed by atoms with Gasteiger partial charge in [-0.2, -0.15) is 0 Å². The van der Waals surface area contributed by atoms with E-state index in [1.165, 1.54) is 5.56 Å². The Balaban J connectivity index is 1.95. The molecule has 0 fully saturated rings. The summed E-state index contributed by atoms with van der Waals surface area (Å²) in [5.74, 6) is 1.68. The van der Waals surface area contributed by atoms with Crippen molar-refractivity contribution < 1.29 is 9.47 Å². The summed E-state index contributed by atoms with van der Waals surface area (Å²) in [6.45, 7) is 2.53. The third kappa shape index (κ3) is 4.76. The Morgan fingerprint density at radius 3 is 2.33 bits per heavy atom. The first-order valence-corrected chi connectivity index (χ1v) is 7.67. The van der Waals surface area contributed by atoms with Gasteiger partial charge in [-0.05, 0) is 64.7 Å². The molecule has 0 spiro atoms. The van der Waals surface area contributed by atoms with Crippen LogP contribution >= 0.6 is 15.9 Å². The van der Waals surface area contributed by atoms with Gasteiger partial charge < -0.3 is 15.2 Å². The van der Waals surface area contributed by atoms with E-state index < -0.39 is 0 Å². The fourth-order valence-electron chi connectivity index (χ4n) is 2.06. The summed E-state index contributed by atoms with van der Waals surface area (Å²) in [5.41, 5.74) is 8.10. The van der Waals surface area contributed by atoms with Crippen LogP contribution in [-0.2, 0) is 13.0 Å². The van der Waals surface area contributed by atoms with Crippen LogP contribution in [-0.4, -0.2) is 13.2 Å². The van der Waals surface area contributed by atoms with E-state index in [2.05, 4.69) is 28.1 Å². The molecule has 0 heterocycles. The van der Waals surface area contributed by atoms with Gasteiger partial charge in [-0.3, -0.25) is 0 Å². The zero-order chi connectivity index (χ0) is 15.2. The summed E-state index contributed by atoms with van der Waals surface area (Å²) in [6.07, 6.45) is 0.881. The van der Waals surface area contributed by atoms with E-state index in [0.29, 0.717) is 6.61 Å². The molecule has 0 aromatic heterocycles. The van der Waals surface area contributed by atoms with Crippen LogP contribution < -0.4 is 15.2 Å². The molecule has 2 aromatic carbocycles. The zero-order valence-corrected chi connectivity index (χ0v) is 13.9. The van der Waals surface area contributed by atoms with Gasteiger partial charge in [0.05, 0.1) is 11.6 Å². The highest BCUT2D eigenvalue weighted by molar-refractivity contribution is 9.10. The number of ether oxygens (including phenoxy) is 2. The van der Waals surface area contributed by atoms with Crippen LogP contribution in [0.25, 0.3) is 0 Å². The molecule has 1 atom stereocenters. The third-order valence-electron chi connectivity index (χ3n) is 3.10. The smallest absolute Gasteiger partial charge is 0.133 e. The van der Waals surface area contributed by atoms with Gasteiger partial charge in [0.1, 0.15) is 18.1 Å². The number of methoxy groups -OCH3 is 1. The number of benzene rings is 2. The van der Waals surface area contributed by atoms with Crippen molar-refractivity contribution in [1.82, 2.24) is 0 Å². The highest BCUT2D eigenvalue weighted by Gasteiger charge is 2.03.